The Labute approximate surface area is 80.7 Å². The summed E-state index contributed by atoms with van der Waals surface area (Å²) in [4.78, 5) is 0. The first-order valence-corrected chi connectivity index (χ1v) is 4.04. The first-order valence-electron chi connectivity index (χ1n) is 3.28. The second-order valence-electron chi connectivity index (χ2n) is 2.23. The minimum absolute atomic E-state index is 0.367. The molecule has 0 aliphatic heterocycles. The lowest BCUT2D eigenvalue weighted by Crippen LogP contribution is -1.98. The monoisotopic (exact) mass is 205 g/mol. The van der Waals surface area contributed by atoms with Crippen molar-refractivity contribution in [2.24, 2.45) is 0 Å². The van der Waals surface area contributed by atoms with Gasteiger partial charge in [-0.15, -0.1) is 0 Å². The van der Waals surface area contributed by atoms with Crippen molar-refractivity contribution >= 4 is 23.2 Å². The van der Waals surface area contributed by atoms with Crippen LogP contribution in [-0.4, -0.2) is 7.11 Å². The molecule has 0 heterocycles. The van der Waals surface area contributed by atoms with E-state index in [1.807, 2.05) is 0 Å². The van der Waals surface area contributed by atoms with Crippen molar-refractivity contribution in [2.75, 3.05) is 7.11 Å². The van der Waals surface area contributed by atoms with Gasteiger partial charge in [0.25, 0.3) is 0 Å². The fraction of sp³-hybridized carbons (Fsp3) is 0.250. The molecule has 12 heavy (non-hydrogen) atoms. The Kier molecular flexibility index (Phi) is 3.35. The molecule has 65 valence electrons. The molecule has 0 N–H and O–H groups in total. The molecule has 4 heteroatoms. The van der Waals surface area contributed by atoms with Gasteiger partial charge in [0.05, 0.1) is 0 Å². The van der Waals surface area contributed by atoms with Crippen molar-refractivity contribution in [3.63, 3.8) is 0 Å². The molecule has 0 amide bonds. The van der Waals surface area contributed by atoms with E-state index in [0.29, 0.717) is 15.6 Å². The zero-order valence-corrected chi connectivity index (χ0v) is 7.89. The Bertz CT molecular complexity index is 276. The second-order valence-corrected chi connectivity index (χ2v) is 3.08. The van der Waals surface area contributed by atoms with E-state index in [-0.39, 0.29) is 0 Å². The summed E-state index contributed by atoms with van der Waals surface area (Å²) in [5, 5.41) is 12.0. The summed E-state index contributed by atoms with van der Waals surface area (Å²) in [5.41, 5.74) is 0.367. The van der Waals surface area contributed by atoms with Gasteiger partial charge >= 0.3 is 0 Å². The number of hydrogen-bond donors (Lipinski definition) is 0. The third kappa shape index (κ3) is 2.11. The lowest BCUT2D eigenvalue weighted by molar-refractivity contribution is -0.123. The molecule has 0 aromatic heterocycles. The summed E-state index contributed by atoms with van der Waals surface area (Å²) in [6.07, 6.45) is -1.27. The number of halogens is 2. The first-order chi connectivity index (χ1) is 5.65. The molecule has 0 aliphatic carbocycles. The maximum Gasteiger partial charge on any atom is 0.218 e. The largest absolute Gasteiger partial charge is 0.349 e. The van der Waals surface area contributed by atoms with E-state index in [1.165, 1.54) is 13.2 Å². The molecule has 0 saturated heterocycles. The molecule has 0 spiro atoms. The van der Waals surface area contributed by atoms with Crippen LogP contribution in [0.2, 0.25) is 10.0 Å². The third-order valence-corrected chi connectivity index (χ3v) is 2.01. The molecule has 2 nitrogen and oxygen atoms in total. The van der Waals surface area contributed by atoms with Gasteiger partial charge in [0.15, 0.2) is 0 Å². The molecule has 1 aromatic carbocycles. The van der Waals surface area contributed by atoms with Gasteiger partial charge < -0.3 is 4.74 Å². The SMILES string of the molecule is COC([O])c1cc(Cl)ccc1Cl. The summed E-state index contributed by atoms with van der Waals surface area (Å²) in [5.74, 6) is 0. The van der Waals surface area contributed by atoms with E-state index >= 15 is 0 Å². The van der Waals surface area contributed by atoms with Gasteiger partial charge in [-0.2, -0.15) is 5.11 Å². The average molecular weight is 206 g/mol. The Morgan fingerprint density at radius 3 is 2.67 bits per heavy atom. The van der Waals surface area contributed by atoms with Crippen LogP contribution in [0.5, 0.6) is 0 Å². The zero-order valence-electron chi connectivity index (χ0n) is 6.38. The van der Waals surface area contributed by atoms with Crippen molar-refractivity contribution < 1.29 is 9.84 Å². The van der Waals surface area contributed by atoms with Gasteiger partial charge in [-0.1, -0.05) is 23.2 Å². The van der Waals surface area contributed by atoms with Crippen LogP contribution in [0.25, 0.3) is 0 Å². The normalized spacial score (nSPS) is 13.0. The van der Waals surface area contributed by atoms with E-state index < -0.39 is 6.29 Å². The quantitative estimate of drug-likeness (QED) is 0.683. The Morgan fingerprint density at radius 1 is 1.42 bits per heavy atom. The first kappa shape index (κ1) is 9.81. The van der Waals surface area contributed by atoms with Gasteiger partial charge in [0.1, 0.15) is 0 Å². The van der Waals surface area contributed by atoms with Gasteiger partial charge in [-0.05, 0) is 18.2 Å². The van der Waals surface area contributed by atoms with Crippen LogP contribution in [0.4, 0.5) is 0 Å². The highest BCUT2D eigenvalue weighted by Gasteiger charge is 2.11. The van der Waals surface area contributed by atoms with Gasteiger partial charge in [-0.25, -0.2) is 0 Å². The van der Waals surface area contributed by atoms with Crippen LogP contribution in [0.1, 0.15) is 11.9 Å². The van der Waals surface area contributed by atoms with Crippen LogP contribution >= 0.6 is 23.2 Å². The Morgan fingerprint density at radius 2 is 2.08 bits per heavy atom. The molecule has 0 aliphatic rings. The van der Waals surface area contributed by atoms with E-state index in [1.54, 1.807) is 12.1 Å². The second kappa shape index (κ2) is 4.10. The number of rotatable bonds is 2. The maximum atomic E-state index is 11.1. The molecule has 1 rings (SSSR count). The van der Waals surface area contributed by atoms with E-state index in [4.69, 9.17) is 23.2 Å². The molecular formula is C8H7Cl2O2. The van der Waals surface area contributed by atoms with Gasteiger partial charge in [-0.3, -0.25) is 0 Å². The topological polar surface area (TPSA) is 29.1 Å². The van der Waals surface area contributed by atoms with E-state index in [0.717, 1.165) is 0 Å². The predicted octanol–water partition coefficient (Wildman–Crippen LogP) is 3.07. The van der Waals surface area contributed by atoms with Crippen LogP contribution < -0.4 is 0 Å². The minimum atomic E-state index is -1.27. The molecule has 1 unspecified atom stereocenters. The summed E-state index contributed by atoms with van der Waals surface area (Å²) < 4.78 is 4.57. The van der Waals surface area contributed by atoms with E-state index in [2.05, 4.69) is 4.74 Å². The number of hydrogen-bond acceptors (Lipinski definition) is 1. The summed E-state index contributed by atoms with van der Waals surface area (Å²) in [6.45, 7) is 0. The smallest absolute Gasteiger partial charge is 0.218 e. The fourth-order valence-electron chi connectivity index (χ4n) is 0.822. The molecule has 0 saturated carbocycles. The van der Waals surface area contributed by atoms with Crippen LogP contribution in [-0.2, 0) is 9.84 Å². The third-order valence-electron chi connectivity index (χ3n) is 1.43. The molecule has 1 radical (unpaired) electrons. The molecule has 0 fully saturated rings. The van der Waals surface area contributed by atoms with Crippen LogP contribution in [0.15, 0.2) is 18.2 Å². The highest BCUT2D eigenvalue weighted by Crippen LogP contribution is 2.26. The Hall–Kier alpha value is -0.280. The van der Waals surface area contributed by atoms with Crippen molar-refractivity contribution in [1.29, 1.82) is 0 Å². The van der Waals surface area contributed by atoms with Crippen molar-refractivity contribution in [1.82, 2.24) is 0 Å². The molecule has 0 bridgehead atoms. The number of benzene rings is 1. The maximum absolute atomic E-state index is 11.1. The molecule has 1 aromatic rings. The van der Waals surface area contributed by atoms with E-state index in [9.17, 15) is 5.11 Å². The minimum Gasteiger partial charge on any atom is -0.349 e. The lowest BCUT2D eigenvalue weighted by atomic mass is 10.2. The summed E-state index contributed by atoms with van der Waals surface area (Å²) in [7, 11) is 1.33. The lowest BCUT2D eigenvalue weighted by Gasteiger charge is -2.08. The van der Waals surface area contributed by atoms with Crippen molar-refractivity contribution in [3.05, 3.63) is 33.8 Å². The number of ether oxygens (including phenoxy) is 1. The number of methoxy groups -OCH3 is 1. The highest BCUT2D eigenvalue weighted by molar-refractivity contribution is 6.33. The van der Waals surface area contributed by atoms with Gasteiger partial charge in [0.2, 0.25) is 6.29 Å². The fourth-order valence-corrected chi connectivity index (χ4v) is 1.21. The Balaban J connectivity index is 3.04. The van der Waals surface area contributed by atoms with Gasteiger partial charge in [0, 0.05) is 22.7 Å². The average Bonchev–Trinajstić information content (AvgIpc) is 2.08. The van der Waals surface area contributed by atoms with Crippen molar-refractivity contribution in [3.8, 4) is 0 Å². The summed E-state index contributed by atoms with van der Waals surface area (Å²) >= 11 is 11.4. The van der Waals surface area contributed by atoms with Crippen molar-refractivity contribution in [2.45, 2.75) is 6.29 Å². The molecule has 1 atom stereocenters. The zero-order chi connectivity index (χ0) is 9.14. The summed E-state index contributed by atoms with van der Waals surface area (Å²) in [6, 6.07) is 4.70. The van der Waals surface area contributed by atoms with Crippen LogP contribution in [0.3, 0.4) is 0 Å². The highest BCUT2D eigenvalue weighted by atomic mass is 35.5. The standard InChI is InChI=1S/C8H7Cl2O2/c1-12-8(11)6-4-5(9)2-3-7(6)10/h2-4,8H,1H3. The van der Waals surface area contributed by atoms with Crippen LogP contribution in [0, 0.1) is 0 Å². The molecular weight excluding hydrogens is 199 g/mol. The predicted molar refractivity (Wildman–Crippen MR) is 46.9 cm³/mol.